The first-order valence-corrected chi connectivity index (χ1v) is 5.01. The first-order valence-electron chi connectivity index (χ1n) is 4.48. The zero-order chi connectivity index (χ0) is 13.1. The molecule has 0 amide bonds. The van der Waals surface area contributed by atoms with Crippen molar-refractivity contribution in [3.05, 3.63) is 29.6 Å². The summed E-state index contributed by atoms with van der Waals surface area (Å²) in [6.45, 7) is 0. The molecule has 0 aliphatic carbocycles. The minimum atomic E-state index is -4.89. The molecule has 7 heteroatoms. The SMILES string of the molecule is O=C(CCCl)c1ccc(OC(F)(F)F)cc1F. The summed E-state index contributed by atoms with van der Waals surface area (Å²) in [5.41, 5.74) is -0.305. The van der Waals surface area contributed by atoms with E-state index < -0.39 is 23.7 Å². The van der Waals surface area contributed by atoms with Crippen LogP contribution in [0.4, 0.5) is 17.6 Å². The normalized spacial score (nSPS) is 11.4. The second-order valence-corrected chi connectivity index (χ2v) is 3.43. The molecule has 1 rings (SSSR count). The molecule has 1 aromatic rings. The van der Waals surface area contributed by atoms with Crippen LogP contribution in [0.15, 0.2) is 18.2 Å². The molecule has 0 unspecified atom stereocenters. The standard InChI is InChI=1S/C10H7ClF4O2/c11-4-3-9(16)7-2-1-6(5-8(7)12)17-10(13,14)15/h1-2,5H,3-4H2. The average molecular weight is 271 g/mol. The molecule has 2 nitrogen and oxygen atoms in total. The highest BCUT2D eigenvalue weighted by Gasteiger charge is 2.31. The van der Waals surface area contributed by atoms with Gasteiger partial charge in [0.2, 0.25) is 0 Å². The van der Waals surface area contributed by atoms with Crippen molar-refractivity contribution < 1.29 is 27.1 Å². The lowest BCUT2D eigenvalue weighted by atomic mass is 10.1. The monoisotopic (exact) mass is 270 g/mol. The number of rotatable bonds is 4. The van der Waals surface area contributed by atoms with Crippen LogP contribution < -0.4 is 4.74 Å². The van der Waals surface area contributed by atoms with E-state index in [1.165, 1.54) is 0 Å². The van der Waals surface area contributed by atoms with Gasteiger partial charge in [-0.1, -0.05) is 0 Å². The van der Waals surface area contributed by atoms with Crippen LogP contribution >= 0.6 is 11.6 Å². The molecule has 0 aromatic heterocycles. The van der Waals surface area contributed by atoms with E-state index in [1.54, 1.807) is 0 Å². The summed E-state index contributed by atoms with van der Waals surface area (Å²) in [6.07, 6.45) is -4.98. The Balaban J connectivity index is 2.90. The van der Waals surface area contributed by atoms with Crippen molar-refractivity contribution in [2.45, 2.75) is 12.8 Å². The van der Waals surface area contributed by atoms with E-state index >= 15 is 0 Å². The number of alkyl halides is 4. The van der Waals surface area contributed by atoms with E-state index in [2.05, 4.69) is 4.74 Å². The summed E-state index contributed by atoms with van der Waals surface area (Å²) in [5.74, 6) is -2.34. The van der Waals surface area contributed by atoms with Gasteiger partial charge in [-0.2, -0.15) is 0 Å². The van der Waals surface area contributed by atoms with Crippen LogP contribution in [0.2, 0.25) is 0 Å². The van der Waals surface area contributed by atoms with E-state index in [4.69, 9.17) is 11.6 Å². The highest BCUT2D eigenvalue weighted by atomic mass is 35.5. The van der Waals surface area contributed by atoms with Crippen molar-refractivity contribution >= 4 is 17.4 Å². The zero-order valence-corrected chi connectivity index (χ0v) is 9.11. The molecule has 0 aliphatic rings. The number of hydrogen-bond donors (Lipinski definition) is 0. The van der Waals surface area contributed by atoms with Gasteiger partial charge in [0, 0.05) is 18.4 Å². The number of carbonyl (C=O) groups is 1. The molecule has 0 aliphatic heterocycles. The molecular formula is C10H7ClF4O2. The Morgan fingerprint density at radius 2 is 2.00 bits per heavy atom. The lowest BCUT2D eigenvalue weighted by Gasteiger charge is -2.09. The van der Waals surface area contributed by atoms with E-state index in [9.17, 15) is 22.4 Å². The first kappa shape index (κ1) is 13.8. The minimum Gasteiger partial charge on any atom is -0.406 e. The van der Waals surface area contributed by atoms with Gasteiger partial charge in [0.05, 0.1) is 5.56 Å². The molecule has 0 bridgehead atoms. The summed E-state index contributed by atoms with van der Waals surface area (Å²) in [5, 5.41) is 0. The van der Waals surface area contributed by atoms with Crippen molar-refractivity contribution in [2.24, 2.45) is 0 Å². The Kier molecular flexibility index (Phi) is 4.34. The molecule has 0 spiro atoms. The fourth-order valence-corrected chi connectivity index (χ4v) is 1.31. The summed E-state index contributed by atoms with van der Waals surface area (Å²) in [4.78, 5) is 11.3. The van der Waals surface area contributed by atoms with Gasteiger partial charge < -0.3 is 4.74 Å². The topological polar surface area (TPSA) is 26.3 Å². The zero-order valence-electron chi connectivity index (χ0n) is 8.35. The number of ketones is 1. The fraction of sp³-hybridized carbons (Fsp3) is 0.300. The van der Waals surface area contributed by atoms with Crippen LogP contribution in [-0.2, 0) is 0 Å². The van der Waals surface area contributed by atoms with E-state index in [-0.39, 0.29) is 17.9 Å². The molecule has 0 atom stereocenters. The number of Topliss-reactive ketones (excluding diaryl/α,β-unsaturated/α-hetero) is 1. The Morgan fingerprint density at radius 1 is 1.35 bits per heavy atom. The Labute approximate surface area is 99.1 Å². The van der Waals surface area contributed by atoms with Crippen LogP contribution in [0.25, 0.3) is 0 Å². The van der Waals surface area contributed by atoms with Crippen LogP contribution in [-0.4, -0.2) is 18.0 Å². The maximum absolute atomic E-state index is 13.3. The number of benzene rings is 1. The number of carbonyl (C=O) groups excluding carboxylic acids is 1. The van der Waals surface area contributed by atoms with Gasteiger partial charge in [0.25, 0.3) is 0 Å². The van der Waals surface area contributed by atoms with Crippen molar-refractivity contribution in [1.29, 1.82) is 0 Å². The van der Waals surface area contributed by atoms with Gasteiger partial charge in [0.15, 0.2) is 5.78 Å². The van der Waals surface area contributed by atoms with E-state index in [0.717, 1.165) is 12.1 Å². The first-order chi connectivity index (χ1) is 7.83. The number of halogens is 5. The Bertz CT molecular complexity index is 417. The lowest BCUT2D eigenvalue weighted by Crippen LogP contribution is -2.17. The third-order valence-corrected chi connectivity index (χ3v) is 1.99. The second kappa shape index (κ2) is 5.35. The van der Waals surface area contributed by atoms with Gasteiger partial charge in [-0.25, -0.2) is 4.39 Å². The third-order valence-electron chi connectivity index (χ3n) is 1.80. The molecule has 1 aromatic carbocycles. The highest BCUT2D eigenvalue weighted by Crippen LogP contribution is 2.24. The van der Waals surface area contributed by atoms with E-state index in [0.29, 0.717) is 6.07 Å². The fourth-order valence-electron chi connectivity index (χ4n) is 1.14. The van der Waals surface area contributed by atoms with Gasteiger partial charge in [-0.3, -0.25) is 4.79 Å². The molecule has 0 saturated heterocycles. The molecule has 17 heavy (non-hydrogen) atoms. The maximum atomic E-state index is 13.3. The van der Waals surface area contributed by atoms with Crippen LogP contribution in [0.1, 0.15) is 16.8 Å². The molecule has 0 heterocycles. The molecule has 0 saturated carbocycles. The Morgan fingerprint density at radius 3 is 2.47 bits per heavy atom. The van der Waals surface area contributed by atoms with Crippen molar-refractivity contribution in [3.63, 3.8) is 0 Å². The van der Waals surface area contributed by atoms with Crippen LogP contribution in [0.3, 0.4) is 0 Å². The number of ether oxygens (including phenoxy) is 1. The summed E-state index contributed by atoms with van der Waals surface area (Å²) in [6, 6.07) is 2.32. The van der Waals surface area contributed by atoms with E-state index in [1.807, 2.05) is 0 Å². The lowest BCUT2D eigenvalue weighted by molar-refractivity contribution is -0.274. The predicted molar refractivity (Wildman–Crippen MR) is 52.8 cm³/mol. The van der Waals surface area contributed by atoms with Gasteiger partial charge >= 0.3 is 6.36 Å². The van der Waals surface area contributed by atoms with Gasteiger partial charge in [-0.05, 0) is 12.1 Å². The third kappa shape index (κ3) is 4.22. The summed E-state index contributed by atoms with van der Waals surface area (Å²) >= 11 is 5.30. The number of hydrogen-bond acceptors (Lipinski definition) is 2. The van der Waals surface area contributed by atoms with Crippen molar-refractivity contribution in [3.8, 4) is 5.75 Å². The van der Waals surface area contributed by atoms with Gasteiger partial charge in [-0.15, -0.1) is 24.8 Å². The molecule has 0 N–H and O–H groups in total. The molecule has 0 radical (unpaired) electrons. The molecule has 0 fully saturated rings. The summed E-state index contributed by atoms with van der Waals surface area (Å²) in [7, 11) is 0. The minimum absolute atomic E-state index is 0.0130. The smallest absolute Gasteiger partial charge is 0.406 e. The van der Waals surface area contributed by atoms with Crippen LogP contribution in [0.5, 0.6) is 5.75 Å². The quantitative estimate of drug-likeness (QED) is 0.475. The average Bonchev–Trinajstić information content (AvgIpc) is 2.15. The second-order valence-electron chi connectivity index (χ2n) is 3.05. The molecule has 94 valence electrons. The van der Waals surface area contributed by atoms with Crippen LogP contribution in [0, 0.1) is 5.82 Å². The molecular weight excluding hydrogens is 264 g/mol. The highest BCUT2D eigenvalue weighted by molar-refractivity contribution is 6.19. The van der Waals surface area contributed by atoms with Gasteiger partial charge in [0.1, 0.15) is 11.6 Å². The summed E-state index contributed by atoms with van der Waals surface area (Å²) < 4.78 is 52.3. The predicted octanol–water partition coefficient (Wildman–Crippen LogP) is 3.54. The largest absolute Gasteiger partial charge is 0.573 e. The van der Waals surface area contributed by atoms with Crippen molar-refractivity contribution in [2.75, 3.05) is 5.88 Å². The Hall–Kier alpha value is -1.30. The van der Waals surface area contributed by atoms with Crippen molar-refractivity contribution in [1.82, 2.24) is 0 Å². The maximum Gasteiger partial charge on any atom is 0.573 e.